The van der Waals surface area contributed by atoms with Crippen LogP contribution >= 0.6 is 0 Å². The van der Waals surface area contributed by atoms with Gasteiger partial charge in [0.15, 0.2) is 5.78 Å². The van der Waals surface area contributed by atoms with E-state index in [9.17, 15) is 9.59 Å². The molecule has 0 radical (unpaired) electrons. The van der Waals surface area contributed by atoms with Crippen LogP contribution in [0.4, 0.5) is 0 Å². The number of allylic oxidation sites excluding steroid dienone is 1. The minimum absolute atomic E-state index is 0.00419. The SMILES string of the molecule is [2H]C1([2H])OC([2H])([2H])C([2H])([2H])N(Cc2ccc(COc3cccc4c3CN(C3CCC(=C)CC3=O)C4=O)cc2)C1([2H])[2H]. The van der Waals surface area contributed by atoms with Crippen LogP contribution < -0.4 is 4.74 Å². The van der Waals surface area contributed by atoms with E-state index in [0.29, 0.717) is 40.2 Å². The number of carbonyl (C=O) groups is 2. The first-order valence-electron chi connectivity index (χ1n) is 14.9. The standard InChI is InChI=1S/C27H30N2O4/c1-19-5-10-24(25(30)15-19)29-17-23-22(27(29)31)3-2-4-26(23)33-18-21-8-6-20(7-9-21)16-28-11-13-32-14-12-28/h2-4,6-9,24H,1,5,10-18H2/i11D2,12D2,13D2,14D2. The van der Waals surface area contributed by atoms with Crippen molar-refractivity contribution in [3.8, 4) is 5.75 Å². The molecule has 33 heavy (non-hydrogen) atoms. The molecule has 0 N–H and O–H groups in total. The zero-order valence-electron chi connectivity index (χ0n) is 26.1. The lowest BCUT2D eigenvalue weighted by molar-refractivity contribution is -0.124. The van der Waals surface area contributed by atoms with Crippen molar-refractivity contribution in [2.24, 2.45) is 0 Å². The Labute approximate surface area is 206 Å². The fraction of sp³-hybridized carbons (Fsp3) is 0.407. The summed E-state index contributed by atoms with van der Waals surface area (Å²) in [6.45, 7) is -8.22. The number of Topliss-reactive ketones (excluding diaryl/α,β-unsaturated/α-hetero) is 1. The maximum atomic E-state index is 13.1. The van der Waals surface area contributed by atoms with Crippen molar-refractivity contribution in [1.82, 2.24) is 9.80 Å². The largest absolute Gasteiger partial charge is 0.489 e. The Balaban J connectivity index is 1.28. The molecule has 1 atom stereocenters. The summed E-state index contributed by atoms with van der Waals surface area (Å²) in [5, 5.41) is 0. The average molecular weight is 455 g/mol. The molecule has 1 unspecified atom stereocenters. The summed E-state index contributed by atoms with van der Waals surface area (Å²) in [5.74, 6) is 0.321. The maximum Gasteiger partial charge on any atom is 0.255 e. The van der Waals surface area contributed by atoms with Crippen molar-refractivity contribution in [1.29, 1.82) is 0 Å². The normalized spacial score (nSPS) is 31.1. The van der Waals surface area contributed by atoms with Gasteiger partial charge < -0.3 is 14.4 Å². The molecule has 172 valence electrons. The average Bonchev–Trinajstić information content (AvgIpc) is 3.21. The molecule has 2 aromatic carbocycles. The molecule has 2 aromatic rings. The van der Waals surface area contributed by atoms with Gasteiger partial charge in [-0.1, -0.05) is 42.5 Å². The highest BCUT2D eigenvalue weighted by Crippen LogP contribution is 2.35. The lowest BCUT2D eigenvalue weighted by Crippen LogP contribution is -2.43. The van der Waals surface area contributed by atoms with Gasteiger partial charge in [0.1, 0.15) is 12.4 Å². The molecule has 1 aliphatic carbocycles. The van der Waals surface area contributed by atoms with Crippen LogP contribution in [0.25, 0.3) is 0 Å². The van der Waals surface area contributed by atoms with E-state index >= 15 is 0 Å². The summed E-state index contributed by atoms with van der Waals surface area (Å²) in [6, 6.07) is 11.3. The lowest BCUT2D eigenvalue weighted by Gasteiger charge is -2.30. The second kappa shape index (κ2) is 9.49. The van der Waals surface area contributed by atoms with Gasteiger partial charge in [0.2, 0.25) is 0 Å². The Hall–Kier alpha value is -2.96. The number of rotatable bonds is 6. The van der Waals surface area contributed by atoms with Crippen LogP contribution in [0.2, 0.25) is 0 Å². The predicted molar refractivity (Wildman–Crippen MR) is 125 cm³/mol. The first-order valence-corrected chi connectivity index (χ1v) is 10.9. The van der Waals surface area contributed by atoms with Gasteiger partial charge in [-0.3, -0.25) is 14.5 Å². The summed E-state index contributed by atoms with van der Waals surface area (Å²) in [5.41, 5.74) is 3.26. The number of fused-ring (bicyclic) bond motifs is 1. The highest BCUT2D eigenvalue weighted by molar-refractivity contribution is 6.02. The Morgan fingerprint density at radius 3 is 2.61 bits per heavy atom. The molecule has 0 spiro atoms. The molecule has 0 aromatic heterocycles. The molecule has 1 amide bonds. The third kappa shape index (κ3) is 4.72. The summed E-state index contributed by atoms with van der Waals surface area (Å²) >= 11 is 0. The molecule has 1 saturated carbocycles. The molecular formula is C27H30N2O4. The van der Waals surface area contributed by atoms with E-state index in [1.165, 1.54) is 0 Å². The first-order chi connectivity index (χ1) is 19.0. The number of carbonyl (C=O) groups excluding carboxylic acids is 2. The van der Waals surface area contributed by atoms with E-state index < -0.39 is 38.7 Å². The molecule has 3 aliphatic rings. The minimum Gasteiger partial charge on any atom is -0.489 e. The van der Waals surface area contributed by atoms with Gasteiger partial charge in [-0.2, -0.15) is 0 Å². The van der Waals surface area contributed by atoms with Crippen LogP contribution in [-0.2, 0) is 29.2 Å². The quantitative estimate of drug-likeness (QED) is 0.623. The third-order valence-electron chi connectivity index (χ3n) is 6.12. The zero-order chi connectivity index (χ0) is 30.0. The van der Waals surface area contributed by atoms with Crippen LogP contribution in [0.5, 0.6) is 5.75 Å². The topological polar surface area (TPSA) is 59.1 Å². The van der Waals surface area contributed by atoms with E-state index in [1.807, 2.05) is 0 Å². The Morgan fingerprint density at radius 2 is 1.85 bits per heavy atom. The molecule has 2 heterocycles. The smallest absolute Gasteiger partial charge is 0.255 e. The zero-order valence-corrected chi connectivity index (χ0v) is 18.1. The van der Waals surface area contributed by atoms with Crippen LogP contribution in [0.3, 0.4) is 0 Å². The molecule has 2 fully saturated rings. The van der Waals surface area contributed by atoms with E-state index in [-0.39, 0.29) is 31.3 Å². The monoisotopic (exact) mass is 454 g/mol. The number of ketones is 1. The highest BCUT2D eigenvalue weighted by Gasteiger charge is 2.39. The summed E-state index contributed by atoms with van der Waals surface area (Å²) in [4.78, 5) is 27.8. The Morgan fingerprint density at radius 1 is 1.09 bits per heavy atom. The van der Waals surface area contributed by atoms with Gasteiger partial charge in [0, 0.05) is 42.6 Å². The number of hydrogen-bond acceptors (Lipinski definition) is 5. The Kier molecular flexibility index (Phi) is 4.12. The second-order valence-corrected chi connectivity index (χ2v) is 8.38. The van der Waals surface area contributed by atoms with Crippen molar-refractivity contribution in [2.45, 2.75) is 45.0 Å². The van der Waals surface area contributed by atoms with Crippen molar-refractivity contribution in [3.63, 3.8) is 0 Å². The fourth-order valence-corrected chi connectivity index (χ4v) is 4.37. The third-order valence-corrected chi connectivity index (χ3v) is 6.12. The van der Waals surface area contributed by atoms with E-state index in [1.54, 1.807) is 47.4 Å². The van der Waals surface area contributed by atoms with Crippen molar-refractivity contribution < 1.29 is 30.0 Å². The number of amides is 1. The summed E-state index contributed by atoms with van der Waals surface area (Å²) in [6.07, 6.45) is 1.55. The maximum absolute atomic E-state index is 13.1. The highest BCUT2D eigenvalue weighted by atomic mass is 16.5. The van der Waals surface area contributed by atoms with Crippen molar-refractivity contribution >= 4 is 11.7 Å². The van der Waals surface area contributed by atoms with Gasteiger partial charge in [0.05, 0.1) is 31.2 Å². The van der Waals surface area contributed by atoms with E-state index in [0.717, 1.165) is 11.1 Å². The van der Waals surface area contributed by atoms with E-state index in [2.05, 4.69) is 11.3 Å². The Bertz CT molecular complexity index is 1370. The molecule has 6 nitrogen and oxygen atoms in total. The second-order valence-electron chi connectivity index (χ2n) is 8.38. The summed E-state index contributed by atoms with van der Waals surface area (Å²) in [7, 11) is 0. The van der Waals surface area contributed by atoms with Gasteiger partial charge in [-0.15, -0.1) is 0 Å². The number of hydrogen-bond donors (Lipinski definition) is 0. The minimum atomic E-state index is -3.10. The molecular weight excluding hydrogens is 416 g/mol. The first kappa shape index (κ1) is 14.3. The van der Waals surface area contributed by atoms with Gasteiger partial charge >= 0.3 is 0 Å². The predicted octanol–water partition coefficient (Wildman–Crippen LogP) is 3.73. The van der Waals surface area contributed by atoms with Crippen molar-refractivity contribution in [2.75, 3.05) is 26.1 Å². The fourth-order valence-electron chi connectivity index (χ4n) is 4.37. The van der Waals surface area contributed by atoms with Crippen LogP contribution in [-0.4, -0.2) is 53.6 Å². The van der Waals surface area contributed by atoms with Crippen LogP contribution in [0.15, 0.2) is 54.6 Å². The van der Waals surface area contributed by atoms with Crippen molar-refractivity contribution in [3.05, 3.63) is 76.9 Å². The van der Waals surface area contributed by atoms with Crippen LogP contribution in [0, 0.1) is 0 Å². The number of nitrogens with zero attached hydrogens (tertiary/aromatic N) is 2. The molecule has 6 heteroatoms. The number of morpholine rings is 1. The molecule has 0 bridgehead atoms. The van der Waals surface area contributed by atoms with Gasteiger partial charge in [-0.05, 0) is 36.1 Å². The number of ether oxygens (including phenoxy) is 2. The molecule has 5 rings (SSSR count). The van der Waals surface area contributed by atoms with Crippen LogP contribution in [0.1, 0.15) is 57.3 Å². The van der Waals surface area contributed by atoms with Gasteiger partial charge in [-0.25, -0.2) is 0 Å². The number of benzene rings is 2. The summed E-state index contributed by atoms with van der Waals surface area (Å²) < 4.78 is 74.6. The van der Waals surface area contributed by atoms with E-state index in [4.69, 9.17) is 15.7 Å². The lowest BCUT2D eigenvalue weighted by atomic mass is 9.90. The molecule has 1 saturated heterocycles. The molecule has 2 aliphatic heterocycles. The van der Waals surface area contributed by atoms with Gasteiger partial charge in [0.25, 0.3) is 5.91 Å².